The van der Waals surface area contributed by atoms with Gasteiger partial charge in [0.15, 0.2) is 10.8 Å². The topological polar surface area (TPSA) is 52.3 Å². The Balaban J connectivity index is 2.16. The van der Waals surface area contributed by atoms with Crippen molar-refractivity contribution in [3.63, 3.8) is 0 Å². The first-order valence-electron chi connectivity index (χ1n) is 5.68. The molecule has 0 unspecified atom stereocenters. The predicted octanol–water partition coefficient (Wildman–Crippen LogP) is 2.42. The molecule has 0 atom stereocenters. The average molecular weight is 260 g/mol. The molecule has 0 amide bonds. The van der Waals surface area contributed by atoms with Crippen LogP contribution >= 0.6 is 11.3 Å². The number of aryl methyl sites for hydroxylation is 1. The summed E-state index contributed by atoms with van der Waals surface area (Å²) in [6, 6.07) is 7.84. The molecule has 1 aromatic carbocycles. The largest absolute Gasteiger partial charge is 0.496 e. The van der Waals surface area contributed by atoms with Crippen molar-refractivity contribution in [3.8, 4) is 16.3 Å². The molecule has 0 saturated carbocycles. The quantitative estimate of drug-likeness (QED) is 0.725. The lowest BCUT2D eigenvalue weighted by Crippen LogP contribution is -1.94. The van der Waals surface area contributed by atoms with Gasteiger partial charge >= 0.3 is 0 Å². The molecule has 3 rings (SSSR count). The number of aromatic nitrogens is 4. The van der Waals surface area contributed by atoms with E-state index >= 15 is 0 Å². The normalized spacial score (nSPS) is 11.0. The second-order valence-corrected chi connectivity index (χ2v) is 4.73. The van der Waals surface area contributed by atoms with Gasteiger partial charge in [-0.2, -0.15) is 9.61 Å². The third-order valence-corrected chi connectivity index (χ3v) is 3.64. The molecule has 0 aliphatic heterocycles. The van der Waals surface area contributed by atoms with Crippen LogP contribution in [-0.2, 0) is 6.42 Å². The molecule has 0 radical (unpaired) electrons. The maximum absolute atomic E-state index is 5.35. The Bertz CT molecular complexity index is 688. The van der Waals surface area contributed by atoms with E-state index in [1.165, 1.54) is 11.3 Å². The third kappa shape index (κ3) is 1.65. The highest BCUT2D eigenvalue weighted by Crippen LogP contribution is 2.32. The van der Waals surface area contributed by atoms with Crippen LogP contribution in [0.15, 0.2) is 24.3 Å². The second kappa shape index (κ2) is 4.38. The summed E-state index contributed by atoms with van der Waals surface area (Å²) in [7, 11) is 1.66. The maximum atomic E-state index is 5.35. The Labute approximate surface area is 108 Å². The van der Waals surface area contributed by atoms with Crippen molar-refractivity contribution in [1.82, 2.24) is 19.8 Å². The van der Waals surface area contributed by atoms with Gasteiger partial charge in [-0.05, 0) is 12.1 Å². The molecule has 3 aromatic rings. The first kappa shape index (κ1) is 11.2. The summed E-state index contributed by atoms with van der Waals surface area (Å²) in [5.41, 5.74) is 0.984. The number of hydrogen-bond acceptors (Lipinski definition) is 5. The van der Waals surface area contributed by atoms with E-state index in [0.717, 1.165) is 33.5 Å². The molecule has 2 aromatic heterocycles. The van der Waals surface area contributed by atoms with Gasteiger partial charge in [0.25, 0.3) is 0 Å². The fourth-order valence-electron chi connectivity index (χ4n) is 1.81. The van der Waals surface area contributed by atoms with E-state index in [1.54, 1.807) is 11.6 Å². The van der Waals surface area contributed by atoms with Crippen LogP contribution in [0.1, 0.15) is 12.7 Å². The molecule has 0 N–H and O–H groups in total. The smallest absolute Gasteiger partial charge is 0.234 e. The van der Waals surface area contributed by atoms with Gasteiger partial charge in [0.2, 0.25) is 4.96 Å². The molecule has 2 heterocycles. The van der Waals surface area contributed by atoms with Crippen molar-refractivity contribution in [2.45, 2.75) is 13.3 Å². The summed E-state index contributed by atoms with van der Waals surface area (Å²) in [4.78, 5) is 0.813. The summed E-state index contributed by atoms with van der Waals surface area (Å²) in [6.45, 7) is 2.04. The fraction of sp³-hybridized carbons (Fsp3) is 0.250. The zero-order chi connectivity index (χ0) is 12.5. The van der Waals surface area contributed by atoms with Crippen LogP contribution < -0.4 is 4.74 Å². The van der Waals surface area contributed by atoms with E-state index in [1.807, 2.05) is 31.2 Å². The van der Waals surface area contributed by atoms with Crippen LogP contribution in [0.25, 0.3) is 15.5 Å². The summed E-state index contributed by atoms with van der Waals surface area (Å²) < 4.78 is 7.15. The summed E-state index contributed by atoms with van der Waals surface area (Å²) >= 11 is 1.51. The number of hydrogen-bond donors (Lipinski definition) is 0. The molecule has 0 spiro atoms. The van der Waals surface area contributed by atoms with Gasteiger partial charge < -0.3 is 4.74 Å². The molecule has 0 fully saturated rings. The number of rotatable bonds is 3. The second-order valence-electron chi connectivity index (χ2n) is 3.77. The Morgan fingerprint density at radius 1 is 1.28 bits per heavy atom. The lowest BCUT2D eigenvalue weighted by atomic mass is 10.2. The number of fused-ring (bicyclic) bond motifs is 1. The van der Waals surface area contributed by atoms with Gasteiger partial charge in [0.1, 0.15) is 5.75 Å². The van der Waals surface area contributed by atoms with Gasteiger partial charge in [-0.3, -0.25) is 0 Å². The van der Waals surface area contributed by atoms with Crippen molar-refractivity contribution < 1.29 is 4.74 Å². The van der Waals surface area contributed by atoms with Crippen molar-refractivity contribution in [3.05, 3.63) is 30.1 Å². The fourth-order valence-corrected chi connectivity index (χ4v) is 2.70. The molecular weight excluding hydrogens is 248 g/mol. The molecule has 92 valence electrons. The summed E-state index contributed by atoms with van der Waals surface area (Å²) in [5.74, 6) is 1.70. The van der Waals surface area contributed by atoms with Gasteiger partial charge in [-0.1, -0.05) is 30.4 Å². The van der Waals surface area contributed by atoms with Crippen LogP contribution in [0.4, 0.5) is 0 Å². The van der Waals surface area contributed by atoms with Gasteiger partial charge in [-0.15, -0.1) is 10.2 Å². The van der Waals surface area contributed by atoms with Crippen LogP contribution in [-0.4, -0.2) is 26.9 Å². The molecule has 6 heteroatoms. The highest BCUT2D eigenvalue weighted by Gasteiger charge is 2.14. The minimum atomic E-state index is 0.813. The number of benzene rings is 1. The molecular formula is C12H12N4OS. The first-order chi connectivity index (χ1) is 8.83. The third-order valence-electron chi connectivity index (χ3n) is 2.71. The molecule has 0 aliphatic carbocycles. The minimum Gasteiger partial charge on any atom is -0.496 e. The zero-order valence-corrected chi connectivity index (χ0v) is 10.9. The Kier molecular flexibility index (Phi) is 2.71. The summed E-state index contributed by atoms with van der Waals surface area (Å²) in [6.07, 6.45) is 0.816. The summed E-state index contributed by atoms with van der Waals surface area (Å²) in [5, 5.41) is 13.6. The van der Waals surface area contributed by atoms with Crippen molar-refractivity contribution in [2.75, 3.05) is 7.11 Å². The lowest BCUT2D eigenvalue weighted by molar-refractivity contribution is 0.416. The van der Waals surface area contributed by atoms with Gasteiger partial charge in [-0.25, -0.2) is 0 Å². The van der Waals surface area contributed by atoms with Gasteiger partial charge in [0.05, 0.1) is 12.7 Å². The van der Waals surface area contributed by atoms with E-state index in [2.05, 4.69) is 15.3 Å². The van der Waals surface area contributed by atoms with E-state index < -0.39 is 0 Å². The van der Waals surface area contributed by atoms with E-state index in [4.69, 9.17) is 4.74 Å². The molecule has 18 heavy (non-hydrogen) atoms. The number of nitrogens with zero attached hydrogens (tertiary/aromatic N) is 4. The van der Waals surface area contributed by atoms with Crippen molar-refractivity contribution in [1.29, 1.82) is 0 Å². The molecule has 0 aliphatic rings. The Morgan fingerprint density at radius 2 is 2.11 bits per heavy atom. The van der Waals surface area contributed by atoms with E-state index in [-0.39, 0.29) is 0 Å². The van der Waals surface area contributed by atoms with Crippen LogP contribution in [0.2, 0.25) is 0 Å². The molecule has 5 nitrogen and oxygen atoms in total. The number of para-hydroxylation sites is 1. The number of ether oxygens (including phenoxy) is 1. The Morgan fingerprint density at radius 3 is 2.89 bits per heavy atom. The SMILES string of the molecule is CCc1nnc2sc(-c3ccccc3OC)nn12. The van der Waals surface area contributed by atoms with Crippen LogP contribution in [0.5, 0.6) is 5.75 Å². The molecule has 0 bridgehead atoms. The maximum Gasteiger partial charge on any atom is 0.234 e. The highest BCUT2D eigenvalue weighted by molar-refractivity contribution is 7.19. The van der Waals surface area contributed by atoms with Crippen molar-refractivity contribution in [2.24, 2.45) is 0 Å². The zero-order valence-electron chi connectivity index (χ0n) is 10.1. The van der Waals surface area contributed by atoms with Gasteiger partial charge in [0, 0.05) is 6.42 Å². The average Bonchev–Trinajstić information content (AvgIpc) is 2.98. The van der Waals surface area contributed by atoms with Crippen molar-refractivity contribution >= 4 is 16.3 Å². The monoisotopic (exact) mass is 260 g/mol. The Hall–Kier alpha value is -1.95. The first-order valence-corrected chi connectivity index (χ1v) is 6.49. The van der Waals surface area contributed by atoms with E-state index in [0.29, 0.717) is 0 Å². The van der Waals surface area contributed by atoms with E-state index in [9.17, 15) is 0 Å². The molecule has 0 saturated heterocycles. The van der Waals surface area contributed by atoms with Crippen LogP contribution in [0.3, 0.4) is 0 Å². The number of methoxy groups -OCH3 is 1. The lowest BCUT2D eigenvalue weighted by Gasteiger charge is -2.03. The highest BCUT2D eigenvalue weighted by atomic mass is 32.1. The predicted molar refractivity (Wildman–Crippen MR) is 70.0 cm³/mol. The van der Waals surface area contributed by atoms with Crippen LogP contribution in [0, 0.1) is 0 Å². The minimum absolute atomic E-state index is 0.813. The standard InChI is InChI=1S/C12H12N4OS/c1-3-10-13-14-12-16(10)15-11(18-12)8-6-4-5-7-9(8)17-2/h4-7H,3H2,1-2H3.